The Morgan fingerprint density at radius 1 is 1.31 bits per heavy atom. The molecule has 2 aromatic rings. The van der Waals surface area contributed by atoms with E-state index in [9.17, 15) is 4.39 Å². The molecule has 0 aliphatic heterocycles. The predicted octanol–water partition coefficient (Wildman–Crippen LogP) is 4.57. The molecule has 1 nitrogen and oxygen atoms in total. The van der Waals surface area contributed by atoms with E-state index in [1.54, 1.807) is 17.4 Å². The molecule has 0 atom stereocenters. The van der Waals surface area contributed by atoms with Crippen molar-refractivity contribution in [1.82, 2.24) is 0 Å². The Morgan fingerprint density at radius 2 is 2.12 bits per heavy atom. The third-order valence-electron chi connectivity index (χ3n) is 2.21. The minimum Gasteiger partial charge on any atom is -0.378 e. The summed E-state index contributed by atoms with van der Waals surface area (Å²) < 4.78 is 14.6. The molecule has 0 spiro atoms. The molecule has 0 radical (unpaired) electrons. The molecule has 0 unspecified atom stereocenters. The van der Waals surface area contributed by atoms with Gasteiger partial charge in [0.25, 0.3) is 0 Å². The summed E-state index contributed by atoms with van der Waals surface area (Å²) in [5.74, 6) is -0.198. The maximum Gasteiger partial charge on any atom is 0.146 e. The quantitative estimate of drug-likeness (QED) is 0.875. The van der Waals surface area contributed by atoms with E-state index in [1.165, 1.54) is 10.9 Å². The molecule has 1 N–H and O–H groups in total. The van der Waals surface area contributed by atoms with E-state index in [-0.39, 0.29) is 5.82 Å². The summed E-state index contributed by atoms with van der Waals surface area (Å²) in [7, 11) is 0. The first-order valence-corrected chi connectivity index (χ1v) is 6.50. The second-order valence-corrected chi connectivity index (χ2v) is 6.09. The number of hydrogen-bond acceptors (Lipinski definition) is 2. The molecule has 0 saturated carbocycles. The summed E-state index contributed by atoms with van der Waals surface area (Å²) in [5, 5.41) is 3.08. The van der Waals surface area contributed by atoms with Gasteiger partial charge >= 0.3 is 0 Å². The highest BCUT2D eigenvalue weighted by atomic mass is 79.9. The molecule has 0 saturated heterocycles. The molecule has 0 bridgehead atoms. The summed E-state index contributed by atoms with van der Waals surface area (Å²) in [6.07, 6.45) is 0. The fourth-order valence-electron chi connectivity index (χ4n) is 1.39. The van der Waals surface area contributed by atoms with Gasteiger partial charge in [-0.3, -0.25) is 0 Å². The van der Waals surface area contributed by atoms with Gasteiger partial charge in [-0.2, -0.15) is 0 Å². The first-order chi connectivity index (χ1) is 7.65. The fraction of sp³-hybridized carbons (Fsp3) is 0.167. The van der Waals surface area contributed by atoms with Crippen LogP contribution in [0.2, 0.25) is 0 Å². The first kappa shape index (κ1) is 11.6. The van der Waals surface area contributed by atoms with E-state index >= 15 is 0 Å². The van der Waals surface area contributed by atoms with Gasteiger partial charge in [-0.05, 0) is 52.7 Å². The van der Waals surface area contributed by atoms with E-state index in [1.807, 2.05) is 25.1 Å². The summed E-state index contributed by atoms with van der Waals surface area (Å²) in [5.41, 5.74) is 1.48. The zero-order chi connectivity index (χ0) is 11.5. The highest BCUT2D eigenvalue weighted by Gasteiger charge is 2.02. The molecule has 4 heteroatoms. The molecule has 1 heterocycles. The monoisotopic (exact) mass is 299 g/mol. The van der Waals surface area contributed by atoms with Crippen LogP contribution in [-0.2, 0) is 6.54 Å². The molecular weight excluding hydrogens is 289 g/mol. The van der Waals surface area contributed by atoms with Gasteiger partial charge in [-0.15, -0.1) is 11.3 Å². The van der Waals surface area contributed by atoms with Gasteiger partial charge in [0, 0.05) is 11.4 Å². The Kier molecular flexibility index (Phi) is 3.61. The van der Waals surface area contributed by atoms with Crippen LogP contribution in [0.5, 0.6) is 0 Å². The zero-order valence-electron chi connectivity index (χ0n) is 8.76. The lowest BCUT2D eigenvalue weighted by atomic mass is 10.2. The van der Waals surface area contributed by atoms with E-state index in [0.717, 1.165) is 9.35 Å². The minimum atomic E-state index is -0.198. The number of thiophene rings is 1. The lowest BCUT2D eigenvalue weighted by Gasteiger charge is -2.06. The van der Waals surface area contributed by atoms with Gasteiger partial charge in [0.2, 0.25) is 0 Å². The second-order valence-electron chi connectivity index (χ2n) is 3.54. The topological polar surface area (TPSA) is 12.0 Å². The number of halogens is 2. The van der Waals surface area contributed by atoms with Crippen molar-refractivity contribution in [2.45, 2.75) is 13.5 Å². The van der Waals surface area contributed by atoms with Crippen LogP contribution in [0.1, 0.15) is 10.4 Å². The number of nitrogens with one attached hydrogen (secondary N) is 1. The molecule has 0 aliphatic carbocycles. The smallest absolute Gasteiger partial charge is 0.146 e. The van der Waals surface area contributed by atoms with Crippen molar-refractivity contribution in [2.75, 3.05) is 5.32 Å². The predicted molar refractivity (Wildman–Crippen MR) is 70.5 cm³/mol. The fourth-order valence-corrected chi connectivity index (χ4v) is 2.82. The normalized spacial score (nSPS) is 10.4. The van der Waals surface area contributed by atoms with Gasteiger partial charge in [0.15, 0.2) is 0 Å². The molecule has 0 amide bonds. The largest absolute Gasteiger partial charge is 0.378 e. The molecule has 2 rings (SSSR count). The Balaban J connectivity index is 2.04. The summed E-state index contributed by atoms with van der Waals surface area (Å²) in [4.78, 5) is 1.17. The van der Waals surface area contributed by atoms with Crippen LogP contribution < -0.4 is 5.32 Å². The molecule has 16 heavy (non-hydrogen) atoms. The van der Waals surface area contributed by atoms with Crippen LogP contribution in [0.25, 0.3) is 0 Å². The standard InChI is InChI=1S/C12H11BrFNS/c1-8-2-4-11(10(14)6-8)15-7-9-3-5-12(13)16-9/h2-6,15H,7H2,1H3. The lowest BCUT2D eigenvalue weighted by molar-refractivity contribution is 0.629. The maximum absolute atomic E-state index is 13.5. The van der Waals surface area contributed by atoms with Crippen LogP contribution in [0.3, 0.4) is 0 Å². The molecule has 1 aromatic heterocycles. The van der Waals surface area contributed by atoms with Crippen LogP contribution in [0.4, 0.5) is 10.1 Å². The van der Waals surface area contributed by atoms with Crippen LogP contribution in [0.15, 0.2) is 34.1 Å². The Labute approximate surface area is 106 Å². The van der Waals surface area contributed by atoms with Crippen molar-refractivity contribution in [2.24, 2.45) is 0 Å². The van der Waals surface area contributed by atoms with Crippen LogP contribution in [0, 0.1) is 12.7 Å². The van der Waals surface area contributed by atoms with Crippen LogP contribution in [-0.4, -0.2) is 0 Å². The van der Waals surface area contributed by atoms with Gasteiger partial charge in [-0.25, -0.2) is 4.39 Å². The molecule has 0 aliphatic rings. The average molecular weight is 300 g/mol. The number of hydrogen-bond donors (Lipinski definition) is 1. The van der Waals surface area contributed by atoms with E-state index in [0.29, 0.717) is 12.2 Å². The van der Waals surface area contributed by atoms with E-state index in [2.05, 4.69) is 21.2 Å². The van der Waals surface area contributed by atoms with E-state index in [4.69, 9.17) is 0 Å². The summed E-state index contributed by atoms with van der Waals surface area (Å²) in [6, 6.07) is 9.22. The summed E-state index contributed by atoms with van der Waals surface area (Å²) >= 11 is 5.05. The third-order valence-corrected chi connectivity index (χ3v) is 3.83. The van der Waals surface area contributed by atoms with Crippen molar-refractivity contribution in [3.63, 3.8) is 0 Å². The van der Waals surface area contributed by atoms with Gasteiger partial charge in [-0.1, -0.05) is 6.07 Å². The minimum absolute atomic E-state index is 0.198. The number of rotatable bonds is 3. The van der Waals surface area contributed by atoms with Crippen molar-refractivity contribution in [3.8, 4) is 0 Å². The highest BCUT2D eigenvalue weighted by Crippen LogP contribution is 2.23. The van der Waals surface area contributed by atoms with Crippen LogP contribution >= 0.6 is 27.3 Å². The SMILES string of the molecule is Cc1ccc(NCc2ccc(Br)s2)c(F)c1. The molecule has 1 aromatic carbocycles. The molecule has 0 fully saturated rings. The van der Waals surface area contributed by atoms with Crippen molar-refractivity contribution in [1.29, 1.82) is 0 Å². The molecular formula is C12H11BrFNS. The van der Waals surface area contributed by atoms with Crippen molar-refractivity contribution in [3.05, 3.63) is 50.4 Å². The second kappa shape index (κ2) is 4.97. The van der Waals surface area contributed by atoms with E-state index < -0.39 is 0 Å². The summed E-state index contributed by atoms with van der Waals surface area (Å²) in [6.45, 7) is 2.53. The zero-order valence-corrected chi connectivity index (χ0v) is 11.2. The van der Waals surface area contributed by atoms with Gasteiger partial charge in [0.1, 0.15) is 5.82 Å². The van der Waals surface area contributed by atoms with Crippen molar-refractivity contribution >= 4 is 33.0 Å². The van der Waals surface area contributed by atoms with Gasteiger partial charge in [0.05, 0.1) is 9.47 Å². The third kappa shape index (κ3) is 2.83. The maximum atomic E-state index is 13.5. The highest BCUT2D eigenvalue weighted by molar-refractivity contribution is 9.11. The Morgan fingerprint density at radius 3 is 2.75 bits per heavy atom. The van der Waals surface area contributed by atoms with Gasteiger partial charge < -0.3 is 5.32 Å². The average Bonchev–Trinajstić information content (AvgIpc) is 2.63. The Hall–Kier alpha value is -0.870. The number of aryl methyl sites for hydroxylation is 1. The first-order valence-electron chi connectivity index (χ1n) is 4.89. The number of benzene rings is 1. The van der Waals surface area contributed by atoms with Crippen molar-refractivity contribution < 1.29 is 4.39 Å². The number of anilines is 1. The molecule has 84 valence electrons. The lowest BCUT2D eigenvalue weighted by Crippen LogP contribution is -1.99. The Bertz CT molecular complexity index is 496.